The lowest BCUT2D eigenvalue weighted by atomic mass is 10.4. The number of hydrogen-bond acceptors (Lipinski definition) is 2. The molecule has 0 radical (unpaired) electrons. The number of anilines is 1. The minimum Gasteiger partial charge on any atom is -0.397 e. The van der Waals surface area contributed by atoms with Crippen molar-refractivity contribution in [3.63, 3.8) is 0 Å². The molecule has 0 unspecified atom stereocenters. The summed E-state index contributed by atoms with van der Waals surface area (Å²) in [5.74, 6) is -0.0661. The van der Waals surface area contributed by atoms with Crippen LogP contribution >= 0.6 is 0 Å². The molecule has 1 saturated carbocycles. The van der Waals surface area contributed by atoms with Crippen LogP contribution in [0.4, 0.5) is 5.69 Å². The SMILES string of the molecule is CNC(=O)c1cc(N)cn1C1CC1. The Morgan fingerprint density at radius 1 is 1.69 bits per heavy atom. The van der Waals surface area contributed by atoms with Crippen molar-refractivity contribution in [3.05, 3.63) is 18.0 Å². The molecule has 4 heteroatoms. The summed E-state index contributed by atoms with van der Waals surface area (Å²) >= 11 is 0. The molecule has 3 N–H and O–H groups in total. The first-order valence-electron chi connectivity index (χ1n) is 4.42. The van der Waals surface area contributed by atoms with Crippen LogP contribution in [0.1, 0.15) is 29.4 Å². The minimum atomic E-state index is -0.0661. The zero-order valence-corrected chi connectivity index (χ0v) is 7.58. The molecule has 70 valence electrons. The van der Waals surface area contributed by atoms with Gasteiger partial charge in [-0.1, -0.05) is 0 Å². The maximum absolute atomic E-state index is 11.4. The zero-order chi connectivity index (χ0) is 9.42. The van der Waals surface area contributed by atoms with Gasteiger partial charge < -0.3 is 15.6 Å². The number of rotatable bonds is 2. The molecule has 1 heterocycles. The van der Waals surface area contributed by atoms with E-state index in [9.17, 15) is 4.79 Å². The highest BCUT2D eigenvalue weighted by Gasteiger charge is 2.27. The van der Waals surface area contributed by atoms with E-state index in [0.29, 0.717) is 17.4 Å². The Bertz CT molecular complexity index is 339. The first-order valence-corrected chi connectivity index (χ1v) is 4.42. The summed E-state index contributed by atoms with van der Waals surface area (Å²) in [7, 11) is 1.63. The van der Waals surface area contributed by atoms with E-state index >= 15 is 0 Å². The second kappa shape index (κ2) is 2.80. The number of nitrogens with one attached hydrogen (secondary N) is 1. The highest BCUT2D eigenvalue weighted by molar-refractivity contribution is 5.93. The predicted molar refractivity (Wildman–Crippen MR) is 50.5 cm³/mol. The van der Waals surface area contributed by atoms with Crippen molar-refractivity contribution in [3.8, 4) is 0 Å². The van der Waals surface area contributed by atoms with Crippen molar-refractivity contribution in [2.75, 3.05) is 12.8 Å². The maximum Gasteiger partial charge on any atom is 0.267 e. The van der Waals surface area contributed by atoms with Crippen LogP contribution in [0.3, 0.4) is 0 Å². The van der Waals surface area contributed by atoms with Gasteiger partial charge in [0.1, 0.15) is 5.69 Å². The number of amides is 1. The van der Waals surface area contributed by atoms with Gasteiger partial charge in [-0.05, 0) is 18.9 Å². The molecule has 0 atom stereocenters. The second-order valence-electron chi connectivity index (χ2n) is 3.38. The highest BCUT2D eigenvalue weighted by Crippen LogP contribution is 2.37. The van der Waals surface area contributed by atoms with E-state index in [1.54, 1.807) is 13.1 Å². The Labute approximate surface area is 76.7 Å². The van der Waals surface area contributed by atoms with E-state index in [2.05, 4.69) is 5.32 Å². The fraction of sp³-hybridized carbons (Fsp3) is 0.444. The molecule has 1 aliphatic carbocycles. The quantitative estimate of drug-likeness (QED) is 0.704. The predicted octanol–water partition coefficient (Wildman–Crippen LogP) is 0.765. The van der Waals surface area contributed by atoms with E-state index in [1.165, 1.54) is 0 Å². The van der Waals surface area contributed by atoms with Crippen LogP contribution in [0.2, 0.25) is 0 Å². The van der Waals surface area contributed by atoms with Crippen LogP contribution in [0.5, 0.6) is 0 Å². The second-order valence-corrected chi connectivity index (χ2v) is 3.38. The van der Waals surface area contributed by atoms with Gasteiger partial charge in [-0.3, -0.25) is 4.79 Å². The van der Waals surface area contributed by atoms with Gasteiger partial charge in [0.05, 0.1) is 5.69 Å². The van der Waals surface area contributed by atoms with Gasteiger partial charge in [-0.2, -0.15) is 0 Å². The van der Waals surface area contributed by atoms with Crippen molar-refractivity contribution in [2.24, 2.45) is 0 Å². The van der Waals surface area contributed by atoms with Crippen molar-refractivity contribution in [2.45, 2.75) is 18.9 Å². The molecule has 13 heavy (non-hydrogen) atoms. The number of nitrogen functional groups attached to an aromatic ring is 1. The Morgan fingerprint density at radius 2 is 2.38 bits per heavy atom. The van der Waals surface area contributed by atoms with E-state index in [-0.39, 0.29) is 5.91 Å². The molecule has 0 saturated heterocycles. The van der Waals surface area contributed by atoms with Crippen molar-refractivity contribution in [1.82, 2.24) is 9.88 Å². The summed E-state index contributed by atoms with van der Waals surface area (Å²) in [4.78, 5) is 11.4. The van der Waals surface area contributed by atoms with Crippen LogP contribution in [0, 0.1) is 0 Å². The standard InChI is InChI=1S/C9H13N3O/c1-11-9(13)8-4-6(10)5-12(8)7-2-3-7/h4-5,7H,2-3,10H2,1H3,(H,11,13). The summed E-state index contributed by atoms with van der Waals surface area (Å²) < 4.78 is 1.97. The topological polar surface area (TPSA) is 60.1 Å². The molecule has 1 aliphatic rings. The summed E-state index contributed by atoms with van der Waals surface area (Å²) in [6.07, 6.45) is 4.14. The Balaban J connectivity index is 2.36. The normalized spacial score (nSPS) is 15.8. The molecule has 0 bridgehead atoms. The number of carbonyl (C=O) groups is 1. The smallest absolute Gasteiger partial charge is 0.267 e. The van der Waals surface area contributed by atoms with Gasteiger partial charge >= 0.3 is 0 Å². The van der Waals surface area contributed by atoms with Crippen molar-refractivity contribution in [1.29, 1.82) is 0 Å². The van der Waals surface area contributed by atoms with Gasteiger partial charge in [0, 0.05) is 19.3 Å². The molecule has 0 aliphatic heterocycles. The first kappa shape index (κ1) is 8.16. The number of hydrogen-bond donors (Lipinski definition) is 2. The van der Waals surface area contributed by atoms with Gasteiger partial charge in [-0.15, -0.1) is 0 Å². The largest absolute Gasteiger partial charge is 0.397 e. The van der Waals surface area contributed by atoms with Crippen molar-refractivity contribution < 1.29 is 4.79 Å². The van der Waals surface area contributed by atoms with Crippen LogP contribution in [0.15, 0.2) is 12.3 Å². The molecule has 2 rings (SSSR count). The fourth-order valence-corrected chi connectivity index (χ4v) is 1.47. The minimum absolute atomic E-state index is 0.0661. The first-order chi connectivity index (χ1) is 6.22. The molecule has 1 amide bonds. The molecule has 4 nitrogen and oxygen atoms in total. The third-order valence-electron chi connectivity index (χ3n) is 2.27. The Kier molecular flexibility index (Phi) is 1.76. The van der Waals surface area contributed by atoms with Crippen molar-refractivity contribution >= 4 is 11.6 Å². The average molecular weight is 179 g/mol. The van der Waals surface area contributed by atoms with E-state index in [1.807, 2.05) is 10.8 Å². The number of aromatic nitrogens is 1. The summed E-state index contributed by atoms with van der Waals surface area (Å²) in [5, 5.41) is 2.60. The maximum atomic E-state index is 11.4. The highest BCUT2D eigenvalue weighted by atomic mass is 16.1. The molecular formula is C9H13N3O. The monoisotopic (exact) mass is 179 g/mol. The van der Waals surface area contributed by atoms with Gasteiger partial charge in [-0.25, -0.2) is 0 Å². The Hall–Kier alpha value is -1.45. The van der Waals surface area contributed by atoms with E-state index in [4.69, 9.17) is 5.73 Å². The average Bonchev–Trinajstić information content (AvgIpc) is 2.89. The summed E-state index contributed by atoms with van der Waals surface area (Å²) in [6.45, 7) is 0. The number of nitrogens with zero attached hydrogens (tertiary/aromatic N) is 1. The molecular weight excluding hydrogens is 166 g/mol. The van der Waals surface area contributed by atoms with E-state index < -0.39 is 0 Å². The summed E-state index contributed by atoms with van der Waals surface area (Å²) in [6, 6.07) is 2.21. The third-order valence-corrected chi connectivity index (χ3v) is 2.27. The van der Waals surface area contributed by atoms with Gasteiger partial charge in [0.15, 0.2) is 0 Å². The summed E-state index contributed by atoms with van der Waals surface area (Å²) in [5.41, 5.74) is 6.96. The van der Waals surface area contributed by atoms with Crippen LogP contribution in [-0.2, 0) is 0 Å². The molecule has 0 aromatic carbocycles. The van der Waals surface area contributed by atoms with Crippen LogP contribution in [0.25, 0.3) is 0 Å². The van der Waals surface area contributed by atoms with Crippen LogP contribution < -0.4 is 11.1 Å². The molecule has 1 aromatic rings. The number of carbonyl (C=O) groups excluding carboxylic acids is 1. The molecule has 0 spiro atoms. The van der Waals surface area contributed by atoms with E-state index in [0.717, 1.165) is 12.8 Å². The van der Waals surface area contributed by atoms with Gasteiger partial charge in [0.25, 0.3) is 5.91 Å². The van der Waals surface area contributed by atoms with Gasteiger partial charge in [0.2, 0.25) is 0 Å². The number of nitrogens with two attached hydrogens (primary N) is 1. The molecule has 1 aromatic heterocycles. The Morgan fingerprint density at radius 3 is 2.92 bits per heavy atom. The zero-order valence-electron chi connectivity index (χ0n) is 7.58. The fourth-order valence-electron chi connectivity index (χ4n) is 1.47. The lowest BCUT2D eigenvalue weighted by Crippen LogP contribution is -2.21. The lowest BCUT2D eigenvalue weighted by Gasteiger charge is -2.04. The lowest BCUT2D eigenvalue weighted by molar-refractivity contribution is 0.0953. The van der Waals surface area contributed by atoms with Crippen LogP contribution in [-0.4, -0.2) is 17.5 Å². The molecule has 1 fully saturated rings. The third kappa shape index (κ3) is 1.39.